The first-order valence-electron chi connectivity index (χ1n) is 11.6. The zero-order valence-electron chi connectivity index (χ0n) is 20.6. The molecule has 10 nitrogen and oxygen atoms in total. The minimum absolute atomic E-state index is 0.0160. The fraction of sp³-hybridized carbons (Fsp3) is 0.667. The number of carbonyl (C=O) groups is 2. The van der Waals surface area contributed by atoms with E-state index in [0.29, 0.717) is 52.8 Å². The number of amides is 1. The highest BCUT2D eigenvalue weighted by Crippen LogP contribution is 2.36. The third-order valence-corrected chi connectivity index (χ3v) is 6.19. The number of nitrogens with one attached hydrogen (secondary N) is 1. The van der Waals surface area contributed by atoms with Gasteiger partial charge in [-0.15, -0.1) is 11.8 Å². The van der Waals surface area contributed by atoms with E-state index in [0.717, 1.165) is 16.7 Å². The molecule has 35 heavy (non-hydrogen) atoms. The van der Waals surface area contributed by atoms with Crippen molar-refractivity contribution in [3.8, 4) is 0 Å². The zero-order chi connectivity index (χ0) is 25.9. The van der Waals surface area contributed by atoms with Gasteiger partial charge in [0.25, 0.3) is 0 Å². The van der Waals surface area contributed by atoms with E-state index >= 15 is 0 Å². The number of aliphatic carboxylic acids is 1. The van der Waals surface area contributed by atoms with Crippen molar-refractivity contribution in [1.29, 1.82) is 0 Å². The standard InChI is InChI=1S/C24H39NO9S/c1-24(2,21-14-19(16-26)13-20(15-21)17-27)35-18-22(28)25-4-6-32-8-10-34-12-11-33-9-7-31-5-3-23(29)30/h13-15,26-27H,3-12,16-18H2,1-2H3,(H,25,28)(H,29,30). The van der Waals surface area contributed by atoms with E-state index < -0.39 is 5.97 Å². The summed E-state index contributed by atoms with van der Waals surface area (Å²) in [4.78, 5) is 22.5. The molecule has 1 aromatic carbocycles. The minimum atomic E-state index is -0.886. The lowest BCUT2D eigenvalue weighted by atomic mass is 9.97. The molecular weight excluding hydrogens is 478 g/mol. The molecule has 1 aromatic rings. The van der Waals surface area contributed by atoms with Crippen LogP contribution in [0.1, 0.15) is 37.0 Å². The lowest BCUT2D eigenvalue weighted by Crippen LogP contribution is -2.30. The molecule has 4 N–H and O–H groups in total. The van der Waals surface area contributed by atoms with Crippen molar-refractivity contribution in [2.45, 2.75) is 38.2 Å². The molecule has 1 rings (SSSR count). The van der Waals surface area contributed by atoms with Crippen molar-refractivity contribution in [1.82, 2.24) is 5.32 Å². The Kier molecular flexibility index (Phi) is 16.6. The molecule has 200 valence electrons. The van der Waals surface area contributed by atoms with Gasteiger partial charge in [0.1, 0.15) is 0 Å². The maximum atomic E-state index is 12.2. The van der Waals surface area contributed by atoms with Crippen molar-refractivity contribution in [2.75, 3.05) is 65.2 Å². The molecule has 0 bridgehead atoms. The predicted octanol–water partition coefficient (Wildman–Crippen LogP) is 1.30. The SMILES string of the molecule is CC(C)(SCC(=O)NCCOCCOCCOCCOCCC(=O)O)c1cc(CO)cc(CO)c1. The van der Waals surface area contributed by atoms with Crippen molar-refractivity contribution < 1.29 is 43.9 Å². The largest absolute Gasteiger partial charge is 0.481 e. The van der Waals surface area contributed by atoms with Crippen LogP contribution >= 0.6 is 11.8 Å². The average Bonchev–Trinajstić information content (AvgIpc) is 2.84. The monoisotopic (exact) mass is 517 g/mol. The Hall–Kier alpha value is -1.73. The molecule has 1 amide bonds. The number of hydrogen-bond acceptors (Lipinski definition) is 9. The van der Waals surface area contributed by atoms with Crippen LogP contribution in [0.2, 0.25) is 0 Å². The van der Waals surface area contributed by atoms with E-state index in [9.17, 15) is 19.8 Å². The molecule has 0 saturated carbocycles. The van der Waals surface area contributed by atoms with Gasteiger partial charge in [0.15, 0.2) is 0 Å². The summed E-state index contributed by atoms with van der Waals surface area (Å²) < 4.78 is 20.9. The Morgan fingerprint density at radius 1 is 0.829 bits per heavy atom. The minimum Gasteiger partial charge on any atom is -0.481 e. The molecule has 0 radical (unpaired) electrons. The molecule has 0 heterocycles. The lowest BCUT2D eigenvalue weighted by Gasteiger charge is -2.25. The van der Waals surface area contributed by atoms with Gasteiger partial charge >= 0.3 is 5.97 Å². The Bertz CT molecular complexity index is 723. The maximum absolute atomic E-state index is 12.2. The molecule has 0 fully saturated rings. The van der Waals surface area contributed by atoms with Gasteiger partial charge in [0.2, 0.25) is 5.91 Å². The van der Waals surface area contributed by atoms with Crippen LogP contribution in [-0.2, 0) is 46.5 Å². The Balaban J connectivity index is 2.04. The Morgan fingerprint density at radius 3 is 1.80 bits per heavy atom. The van der Waals surface area contributed by atoms with Crippen LogP contribution in [0.3, 0.4) is 0 Å². The van der Waals surface area contributed by atoms with Crippen LogP contribution in [0.4, 0.5) is 0 Å². The van der Waals surface area contributed by atoms with E-state index in [-0.39, 0.29) is 42.6 Å². The molecule has 0 unspecified atom stereocenters. The van der Waals surface area contributed by atoms with Crippen LogP contribution in [-0.4, -0.2) is 92.3 Å². The van der Waals surface area contributed by atoms with Crippen LogP contribution in [0.15, 0.2) is 18.2 Å². The quantitative estimate of drug-likeness (QED) is 0.176. The first-order chi connectivity index (χ1) is 16.8. The summed E-state index contributed by atoms with van der Waals surface area (Å²) in [5.74, 6) is -0.700. The number of rotatable bonds is 21. The summed E-state index contributed by atoms with van der Waals surface area (Å²) >= 11 is 1.49. The van der Waals surface area contributed by atoms with Crippen molar-refractivity contribution in [3.05, 3.63) is 34.9 Å². The smallest absolute Gasteiger partial charge is 0.305 e. The van der Waals surface area contributed by atoms with Crippen LogP contribution < -0.4 is 5.32 Å². The summed E-state index contributed by atoms with van der Waals surface area (Å²) in [5.41, 5.74) is 2.42. The molecule has 0 aliphatic heterocycles. The van der Waals surface area contributed by atoms with E-state index in [2.05, 4.69) is 5.32 Å². The van der Waals surface area contributed by atoms with Gasteiger partial charge in [-0.2, -0.15) is 0 Å². The second kappa shape index (κ2) is 18.5. The molecule has 0 aliphatic rings. The third kappa shape index (κ3) is 15.1. The average molecular weight is 518 g/mol. The Labute approximate surface area is 211 Å². The summed E-state index contributed by atoms with van der Waals surface area (Å²) in [6, 6.07) is 5.55. The van der Waals surface area contributed by atoms with E-state index in [4.69, 9.17) is 24.1 Å². The normalized spacial score (nSPS) is 11.5. The van der Waals surface area contributed by atoms with E-state index in [1.165, 1.54) is 11.8 Å². The number of aliphatic hydroxyl groups excluding tert-OH is 2. The molecule has 0 aliphatic carbocycles. The fourth-order valence-electron chi connectivity index (χ4n) is 2.86. The zero-order valence-corrected chi connectivity index (χ0v) is 21.4. The topological polar surface area (TPSA) is 144 Å². The van der Waals surface area contributed by atoms with Gasteiger partial charge < -0.3 is 39.6 Å². The highest BCUT2D eigenvalue weighted by atomic mass is 32.2. The first kappa shape index (κ1) is 31.3. The molecule has 0 spiro atoms. The number of aliphatic hydroxyl groups is 2. The van der Waals surface area contributed by atoms with Crippen LogP contribution in [0.25, 0.3) is 0 Å². The van der Waals surface area contributed by atoms with Crippen molar-refractivity contribution in [3.63, 3.8) is 0 Å². The second-order valence-corrected chi connectivity index (χ2v) is 9.69. The number of benzene rings is 1. The van der Waals surface area contributed by atoms with Crippen LogP contribution in [0, 0.1) is 0 Å². The summed E-state index contributed by atoms with van der Waals surface area (Å²) in [6.45, 7) is 7.15. The predicted molar refractivity (Wildman–Crippen MR) is 132 cm³/mol. The number of ether oxygens (including phenoxy) is 4. The molecule has 0 saturated heterocycles. The van der Waals surface area contributed by atoms with Crippen molar-refractivity contribution in [2.24, 2.45) is 0 Å². The third-order valence-electron chi connectivity index (χ3n) is 4.82. The number of carboxylic acid groups (broad SMARTS) is 1. The van der Waals surface area contributed by atoms with E-state index in [1.807, 2.05) is 26.0 Å². The summed E-state index contributed by atoms with van der Waals surface area (Å²) in [6.07, 6.45) is -0.0160. The van der Waals surface area contributed by atoms with Gasteiger partial charge in [-0.25, -0.2) is 0 Å². The molecule has 0 atom stereocenters. The number of carboxylic acids is 1. The van der Waals surface area contributed by atoms with Crippen molar-refractivity contribution >= 4 is 23.6 Å². The molecule has 11 heteroatoms. The highest BCUT2D eigenvalue weighted by molar-refractivity contribution is 8.00. The van der Waals surface area contributed by atoms with Gasteiger partial charge in [-0.3, -0.25) is 9.59 Å². The Morgan fingerprint density at radius 2 is 1.31 bits per heavy atom. The number of carbonyl (C=O) groups excluding carboxylic acids is 1. The highest BCUT2D eigenvalue weighted by Gasteiger charge is 2.23. The van der Waals surface area contributed by atoms with E-state index in [1.54, 1.807) is 6.07 Å². The summed E-state index contributed by atoms with van der Waals surface area (Å²) in [7, 11) is 0. The van der Waals surface area contributed by atoms with Crippen LogP contribution in [0.5, 0.6) is 0 Å². The second-order valence-electron chi connectivity index (χ2n) is 8.10. The number of thioether (sulfide) groups is 1. The fourth-order valence-corrected chi connectivity index (χ4v) is 3.74. The molecule has 0 aromatic heterocycles. The number of hydrogen-bond donors (Lipinski definition) is 4. The summed E-state index contributed by atoms with van der Waals surface area (Å²) in [5, 5.41) is 30.2. The lowest BCUT2D eigenvalue weighted by molar-refractivity contribution is -0.138. The first-order valence-corrected chi connectivity index (χ1v) is 12.6. The van der Waals surface area contributed by atoms with Gasteiger partial charge in [-0.1, -0.05) is 18.2 Å². The molecular formula is C24H39NO9S. The van der Waals surface area contributed by atoms with Gasteiger partial charge in [0.05, 0.1) is 78.2 Å². The van der Waals surface area contributed by atoms with Gasteiger partial charge in [0, 0.05) is 11.3 Å². The maximum Gasteiger partial charge on any atom is 0.305 e. The van der Waals surface area contributed by atoms with Gasteiger partial charge in [-0.05, 0) is 30.5 Å².